The average Bonchev–Trinajstić information content (AvgIpc) is 3.10. The van der Waals surface area contributed by atoms with Crippen molar-refractivity contribution in [1.82, 2.24) is 5.32 Å². The van der Waals surface area contributed by atoms with Gasteiger partial charge >= 0.3 is 0 Å². The van der Waals surface area contributed by atoms with E-state index in [-0.39, 0.29) is 12.0 Å². The average molecular weight is 313 g/mol. The number of hydrogen-bond acceptors (Lipinski definition) is 3. The van der Waals surface area contributed by atoms with Gasteiger partial charge in [0, 0.05) is 25.3 Å². The molecule has 0 saturated carbocycles. The number of fused-ring (bicyclic) bond motifs is 1. The lowest BCUT2D eigenvalue weighted by Gasteiger charge is -2.10. The summed E-state index contributed by atoms with van der Waals surface area (Å²) in [6.07, 6.45) is 3.31. The third kappa shape index (κ3) is 4.53. The lowest BCUT2D eigenvalue weighted by molar-refractivity contribution is 0.0166. The van der Waals surface area contributed by atoms with E-state index in [2.05, 4.69) is 5.32 Å². The minimum absolute atomic E-state index is 0.0325. The molecule has 4 heteroatoms. The summed E-state index contributed by atoms with van der Waals surface area (Å²) in [5, 5.41) is 5.17. The molecule has 0 spiro atoms. The van der Waals surface area contributed by atoms with Crippen LogP contribution in [0.2, 0.25) is 0 Å². The lowest BCUT2D eigenvalue weighted by Crippen LogP contribution is -2.25. The van der Waals surface area contributed by atoms with Gasteiger partial charge in [-0.2, -0.15) is 0 Å². The molecule has 122 valence electrons. The molecule has 0 aromatic heterocycles. The molecule has 4 nitrogen and oxygen atoms in total. The van der Waals surface area contributed by atoms with Crippen molar-refractivity contribution >= 4 is 16.7 Å². The van der Waals surface area contributed by atoms with Gasteiger partial charge in [0.2, 0.25) is 0 Å². The zero-order valence-corrected chi connectivity index (χ0v) is 13.3. The molecule has 1 N–H and O–H groups in total. The van der Waals surface area contributed by atoms with E-state index in [1.165, 1.54) is 0 Å². The third-order valence-electron chi connectivity index (χ3n) is 4.09. The number of carbonyl (C=O) groups excluding carboxylic acids is 1. The fraction of sp³-hybridized carbons (Fsp3) is 0.421. The first kappa shape index (κ1) is 16.0. The summed E-state index contributed by atoms with van der Waals surface area (Å²) in [6.45, 7) is 2.80. The van der Waals surface area contributed by atoms with E-state index in [0.29, 0.717) is 25.3 Å². The summed E-state index contributed by atoms with van der Waals surface area (Å²) >= 11 is 0. The molecular formula is C19H23NO3. The first-order valence-corrected chi connectivity index (χ1v) is 8.29. The Morgan fingerprint density at radius 2 is 2.09 bits per heavy atom. The molecule has 1 heterocycles. The summed E-state index contributed by atoms with van der Waals surface area (Å²) in [4.78, 5) is 12.2. The van der Waals surface area contributed by atoms with E-state index in [1.807, 2.05) is 42.5 Å². The van der Waals surface area contributed by atoms with E-state index in [4.69, 9.17) is 9.47 Å². The molecule has 1 unspecified atom stereocenters. The summed E-state index contributed by atoms with van der Waals surface area (Å²) in [5.41, 5.74) is 0.698. The van der Waals surface area contributed by atoms with Crippen LogP contribution >= 0.6 is 0 Å². The van der Waals surface area contributed by atoms with Gasteiger partial charge in [-0.25, -0.2) is 0 Å². The van der Waals surface area contributed by atoms with Crippen molar-refractivity contribution in [2.24, 2.45) is 0 Å². The predicted molar refractivity (Wildman–Crippen MR) is 90.7 cm³/mol. The molecule has 2 aromatic rings. The van der Waals surface area contributed by atoms with Crippen molar-refractivity contribution in [3.05, 3.63) is 48.0 Å². The van der Waals surface area contributed by atoms with E-state index in [1.54, 1.807) is 0 Å². The molecule has 1 aliphatic heterocycles. The molecule has 0 bridgehead atoms. The maximum absolute atomic E-state index is 12.2. The van der Waals surface area contributed by atoms with Crippen LogP contribution in [0.5, 0.6) is 0 Å². The Hall–Kier alpha value is -1.91. The summed E-state index contributed by atoms with van der Waals surface area (Å²) in [6, 6.07) is 13.8. The van der Waals surface area contributed by atoms with Gasteiger partial charge in [-0.15, -0.1) is 0 Å². The normalized spacial score (nSPS) is 17.5. The van der Waals surface area contributed by atoms with Gasteiger partial charge < -0.3 is 14.8 Å². The molecule has 1 saturated heterocycles. The van der Waals surface area contributed by atoms with Crippen LogP contribution in [0.25, 0.3) is 10.8 Å². The highest BCUT2D eigenvalue weighted by molar-refractivity contribution is 5.98. The number of benzene rings is 2. The highest BCUT2D eigenvalue weighted by Gasteiger charge is 2.14. The molecule has 0 aliphatic carbocycles. The van der Waals surface area contributed by atoms with Gasteiger partial charge in [0.15, 0.2) is 0 Å². The number of hydrogen-bond donors (Lipinski definition) is 1. The first-order chi connectivity index (χ1) is 11.3. The second-order valence-corrected chi connectivity index (χ2v) is 5.88. The minimum Gasteiger partial charge on any atom is -0.379 e. The van der Waals surface area contributed by atoms with Crippen molar-refractivity contribution < 1.29 is 14.3 Å². The van der Waals surface area contributed by atoms with Gasteiger partial charge in [0.25, 0.3) is 5.91 Å². The molecule has 1 atom stereocenters. The summed E-state index contributed by atoms with van der Waals surface area (Å²) in [7, 11) is 0. The van der Waals surface area contributed by atoms with Crippen molar-refractivity contribution in [2.45, 2.75) is 25.4 Å². The quantitative estimate of drug-likeness (QED) is 0.799. The van der Waals surface area contributed by atoms with Crippen molar-refractivity contribution in [3.63, 3.8) is 0 Å². The van der Waals surface area contributed by atoms with Crippen LogP contribution in [0.1, 0.15) is 29.6 Å². The van der Waals surface area contributed by atoms with Crippen LogP contribution in [-0.2, 0) is 9.47 Å². The van der Waals surface area contributed by atoms with E-state index in [9.17, 15) is 4.79 Å². The van der Waals surface area contributed by atoms with Gasteiger partial charge in [-0.05, 0) is 42.2 Å². The fourth-order valence-electron chi connectivity index (χ4n) is 2.80. The minimum atomic E-state index is -0.0325. The van der Waals surface area contributed by atoms with Crippen LogP contribution in [-0.4, -0.2) is 38.4 Å². The Labute approximate surface area is 136 Å². The van der Waals surface area contributed by atoms with E-state index < -0.39 is 0 Å². The Morgan fingerprint density at radius 3 is 2.91 bits per heavy atom. The number of nitrogens with one attached hydrogen (secondary N) is 1. The molecule has 1 aliphatic rings. The zero-order chi connectivity index (χ0) is 15.9. The van der Waals surface area contributed by atoms with E-state index >= 15 is 0 Å². The number of rotatable bonds is 7. The fourth-order valence-corrected chi connectivity index (χ4v) is 2.80. The topological polar surface area (TPSA) is 47.6 Å². The highest BCUT2D eigenvalue weighted by Crippen LogP contribution is 2.15. The Balaban J connectivity index is 1.38. The maximum atomic E-state index is 12.2. The molecule has 23 heavy (non-hydrogen) atoms. The van der Waals surface area contributed by atoms with Crippen LogP contribution in [0.3, 0.4) is 0 Å². The second-order valence-electron chi connectivity index (χ2n) is 5.88. The first-order valence-electron chi connectivity index (χ1n) is 8.29. The van der Waals surface area contributed by atoms with E-state index in [0.717, 1.165) is 36.6 Å². The highest BCUT2D eigenvalue weighted by atomic mass is 16.5. The molecule has 1 amide bonds. The van der Waals surface area contributed by atoms with Crippen LogP contribution in [0.15, 0.2) is 42.5 Å². The standard InChI is InChI=1S/C19H23NO3/c21-19(17-9-8-15-5-1-2-6-16(15)13-17)20-10-4-11-22-14-18-7-3-12-23-18/h1-2,5-6,8-9,13,18H,3-4,7,10-12,14H2,(H,20,21). The zero-order valence-electron chi connectivity index (χ0n) is 13.3. The SMILES string of the molecule is O=C(NCCCOCC1CCCO1)c1ccc2ccccc2c1. The van der Waals surface area contributed by atoms with Crippen molar-refractivity contribution in [3.8, 4) is 0 Å². The van der Waals surface area contributed by atoms with Crippen LogP contribution in [0, 0.1) is 0 Å². The molecular weight excluding hydrogens is 290 g/mol. The summed E-state index contributed by atoms with van der Waals surface area (Å²) < 4.78 is 11.1. The lowest BCUT2D eigenvalue weighted by atomic mass is 10.1. The predicted octanol–water partition coefficient (Wildman–Crippen LogP) is 3.16. The van der Waals surface area contributed by atoms with Crippen LogP contribution < -0.4 is 5.32 Å². The van der Waals surface area contributed by atoms with Gasteiger partial charge in [0.1, 0.15) is 0 Å². The number of ether oxygens (including phenoxy) is 2. The molecule has 2 aromatic carbocycles. The van der Waals surface area contributed by atoms with Gasteiger partial charge in [0.05, 0.1) is 12.7 Å². The summed E-state index contributed by atoms with van der Waals surface area (Å²) in [5.74, 6) is -0.0325. The largest absolute Gasteiger partial charge is 0.379 e. The maximum Gasteiger partial charge on any atom is 0.251 e. The smallest absolute Gasteiger partial charge is 0.251 e. The second kappa shape index (κ2) is 8.09. The van der Waals surface area contributed by atoms with Gasteiger partial charge in [-0.1, -0.05) is 30.3 Å². The monoisotopic (exact) mass is 313 g/mol. The molecule has 0 radical (unpaired) electrons. The van der Waals surface area contributed by atoms with Gasteiger partial charge in [-0.3, -0.25) is 4.79 Å². The molecule has 1 fully saturated rings. The van der Waals surface area contributed by atoms with Crippen LogP contribution in [0.4, 0.5) is 0 Å². The third-order valence-corrected chi connectivity index (χ3v) is 4.09. The Morgan fingerprint density at radius 1 is 1.22 bits per heavy atom. The Bertz CT molecular complexity index is 650. The number of carbonyl (C=O) groups is 1. The Kier molecular flexibility index (Phi) is 5.61. The van der Waals surface area contributed by atoms with Crippen molar-refractivity contribution in [2.75, 3.05) is 26.4 Å². The molecule has 3 rings (SSSR count). The number of amides is 1. The van der Waals surface area contributed by atoms with Crippen molar-refractivity contribution in [1.29, 1.82) is 0 Å².